The largest absolute Gasteiger partial charge is 0.490 e. The fourth-order valence-corrected chi connectivity index (χ4v) is 4.59. The van der Waals surface area contributed by atoms with E-state index in [0.717, 1.165) is 30.7 Å². The smallest absolute Gasteiger partial charge is 0.264 e. The summed E-state index contributed by atoms with van der Waals surface area (Å²) in [5.74, 6) is 0.293. The fourth-order valence-electron chi connectivity index (χ4n) is 3.11. The molecule has 0 radical (unpaired) electrons. The highest BCUT2D eigenvalue weighted by Gasteiger charge is 2.24. The van der Waals surface area contributed by atoms with Crippen molar-refractivity contribution in [3.05, 3.63) is 54.3 Å². The van der Waals surface area contributed by atoms with Gasteiger partial charge in [-0.25, -0.2) is 12.8 Å². The predicted molar refractivity (Wildman–Crippen MR) is 95.9 cm³/mol. The molecule has 3 rings (SSSR count). The molecule has 0 aromatic heterocycles. The van der Waals surface area contributed by atoms with Crippen LogP contribution in [0.5, 0.6) is 5.75 Å². The Bertz CT molecular complexity index is 798. The average molecular weight is 363 g/mol. The third-order valence-corrected chi connectivity index (χ3v) is 6.34. The van der Waals surface area contributed by atoms with Gasteiger partial charge in [0.15, 0.2) is 0 Å². The van der Waals surface area contributed by atoms with Gasteiger partial charge >= 0.3 is 0 Å². The molecular formula is C19H22FNO3S. The summed E-state index contributed by atoms with van der Waals surface area (Å²) < 4.78 is 45.9. The van der Waals surface area contributed by atoms with E-state index in [2.05, 4.69) is 0 Å². The van der Waals surface area contributed by atoms with Gasteiger partial charge in [0.2, 0.25) is 0 Å². The summed E-state index contributed by atoms with van der Waals surface area (Å²) in [4.78, 5) is 0.0713. The van der Waals surface area contributed by atoms with E-state index in [-0.39, 0.29) is 17.5 Å². The third-order valence-electron chi connectivity index (χ3n) is 4.42. The summed E-state index contributed by atoms with van der Waals surface area (Å²) in [6.45, 7) is 2.05. The highest BCUT2D eigenvalue weighted by molar-refractivity contribution is 7.92. The Morgan fingerprint density at radius 1 is 1.04 bits per heavy atom. The maximum atomic E-state index is 13.1. The van der Waals surface area contributed by atoms with E-state index in [1.165, 1.54) is 29.3 Å². The molecule has 0 spiro atoms. The topological polar surface area (TPSA) is 46.6 Å². The van der Waals surface area contributed by atoms with Crippen molar-refractivity contribution >= 4 is 15.7 Å². The van der Waals surface area contributed by atoms with Crippen LogP contribution in [0.3, 0.4) is 0 Å². The molecule has 0 amide bonds. The van der Waals surface area contributed by atoms with E-state index in [1.54, 1.807) is 31.2 Å². The molecule has 0 bridgehead atoms. The van der Waals surface area contributed by atoms with Crippen LogP contribution in [0.1, 0.15) is 32.6 Å². The van der Waals surface area contributed by atoms with Crippen LogP contribution in [0.2, 0.25) is 0 Å². The minimum Gasteiger partial charge on any atom is -0.490 e. The van der Waals surface area contributed by atoms with Crippen molar-refractivity contribution in [1.82, 2.24) is 0 Å². The summed E-state index contributed by atoms with van der Waals surface area (Å²) in [5, 5.41) is 0. The number of rotatable bonds is 6. The van der Waals surface area contributed by atoms with Gasteiger partial charge in [0.1, 0.15) is 11.6 Å². The lowest BCUT2D eigenvalue weighted by atomic mass is 10.2. The lowest BCUT2D eigenvalue weighted by Gasteiger charge is -2.23. The molecule has 134 valence electrons. The summed E-state index contributed by atoms with van der Waals surface area (Å²) >= 11 is 0. The van der Waals surface area contributed by atoms with Crippen molar-refractivity contribution in [3.8, 4) is 5.75 Å². The Hall–Kier alpha value is -2.08. The molecule has 1 aliphatic rings. The fraction of sp³-hybridized carbons (Fsp3) is 0.368. The maximum absolute atomic E-state index is 13.1. The number of hydrogen-bond acceptors (Lipinski definition) is 3. The van der Waals surface area contributed by atoms with Crippen molar-refractivity contribution in [2.24, 2.45) is 0 Å². The first-order valence-electron chi connectivity index (χ1n) is 8.56. The minimum absolute atomic E-state index is 0.0713. The van der Waals surface area contributed by atoms with Crippen LogP contribution < -0.4 is 9.04 Å². The molecule has 0 aliphatic heterocycles. The molecule has 0 heterocycles. The van der Waals surface area contributed by atoms with Crippen LogP contribution in [0, 0.1) is 5.82 Å². The molecule has 0 N–H and O–H groups in total. The zero-order valence-electron chi connectivity index (χ0n) is 14.2. The van der Waals surface area contributed by atoms with E-state index >= 15 is 0 Å². The molecule has 6 heteroatoms. The number of sulfonamides is 1. The number of ether oxygens (including phenoxy) is 1. The molecule has 2 aromatic carbocycles. The minimum atomic E-state index is -3.73. The zero-order valence-corrected chi connectivity index (χ0v) is 15.0. The van der Waals surface area contributed by atoms with Crippen LogP contribution >= 0.6 is 0 Å². The Kier molecular flexibility index (Phi) is 5.27. The van der Waals surface area contributed by atoms with Gasteiger partial charge in [0.05, 0.1) is 16.7 Å². The van der Waals surface area contributed by atoms with E-state index < -0.39 is 15.8 Å². The lowest BCUT2D eigenvalue weighted by Crippen LogP contribution is -2.30. The number of hydrogen-bond donors (Lipinski definition) is 0. The van der Waals surface area contributed by atoms with Gasteiger partial charge in [0.25, 0.3) is 10.0 Å². The first kappa shape index (κ1) is 17.7. The van der Waals surface area contributed by atoms with Crippen LogP contribution in [-0.4, -0.2) is 21.1 Å². The summed E-state index contributed by atoms with van der Waals surface area (Å²) in [6, 6.07) is 12.0. The molecule has 4 nitrogen and oxygen atoms in total. The molecule has 25 heavy (non-hydrogen) atoms. The first-order valence-corrected chi connectivity index (χ1v) is 10.00. The molecular weight excluding hydrogens is 341 g/mol. The van der Waals surface area contributed by atoms with Gasteiger partial charge in [-0.3, -0.25) is 4.31 Å². The molecule has 0 unspecified atom stereocenters. The molecule has 1 saturated carbocycles. The Morgan fingerprint density at radius 2 is 1.64 bits per heavy atom. The summed E-state index contributed by atoms with van der Waals surface area (Å²) in [6.07, 6.45) is 4.80. The van der Waals surface area contributed by atoms with E-state index in [1.807, 2.05) is 0 Å². The Labute approximate surface area is 148 Å². The van der Waals surface area contributed by atoms with E-state index in [4.69, 9.17) is 4.74 Å². The number of halogens is 1. The summed E-state index contributed by atoms with van der Waals surface area (Å²) in [7, 11) is -3.73. The molecule has 1 aliphatic carbocycles. The molecule has 0 atom stereocenters. The standard InChI is InChI=1S/C19H22FNO3S/c1-2-21(25(22,23)19-13-7-15(20)8-14-19)16-9-11-18(12-10-16)24-17-5-3-4-6-17/h7-14,17H,2-6H2,1H3. The first-order chi connectivity index (χ1) is 12.0. The van der Waals surface area contributed by atoms with Crippen molar-refractivity contribution in [2.45, 2.75) is 43.6 Å². The van der Waals surface area contributed by atoms with Gasteiger partial charge in [-0.1, -0.05) is 0 Å². The van der Waals surface area contributed by atoms with Gasteiger partial charge in [0, 0.05) is 6.54 Å². The predicted octanol–water partition coefficient (Wildman–Crippen LogP) is 4.36. The quantitative estimate of drug-likeness (QED) is 0.766. The van der Waals surface area contributed by atoms with Gasteiger partial charge in [-0.2, -0.15) is 0 Å². The molecule has 0 saturated heterocycles. The van der Waals surface area contributed by atoms with Gasteiger partial charge < -0.3 is 4.74 Å². The van der Waals surface area contributed by atoms with Crippen LogP contribution in [-0.2, 0) is 10.0 Å². The summed E-state index contributed by atoms with van der Waals surface area (Å²) in [5.41, 5.74) is 0.561. The average Bonchev–Trinajstić information content (AvgIpc) is 3.10. The van der Waals surface area contributed by atoms with E-state index in [0.29, 0.717) is 5.69 Å². The maximum Gasteiger partial charge on any atom is 0.264 e. The van der Waals surface area contributed by atoms with Crippen LogP contribution in [0.15, 0.2) is 53.4 Å². The third kappa shape index (κ3) is 3.95. The second-order valence-corrected chi connectivity index (χ2v) is 8.00. The number of benzene rings is 2. The van der Waals surface area contributed by atoms with Gasteiger partial charge in [-0.15, -0.1) is 0 Å². The van der Waals surface area contributed by atoms with Crippen molar-refractivity contribution in [2.75, 3.05) is 10.8 Å². The second kappa shape index (κ2) is 7.44. The highest BCUT2D eigenvalue weighted by atomic mass is 32.2. The van der Waals surface area contributed by atoms with Crippen molar-refractivity contribution < 1.29 is 17.5 Å². The van der Waals surface area contributed by atoms with Crippen molar-refractivity contribution in [1.29, 1.82) is 0 Å². The highest BCUT2D eigenvalue weighted by Crippen LogP contribution is 2.28. The SMILES string of the molecule is CCN(c1ccc(OC2CCCC2)cc1)S(=O)(=O)c1ccc(F)cc1. The van der Waals surface area contributed by atoms with Crippen LogP contribution in [0.25, 0.3) is 0 Å². The molecule has 1 fully saturated rings. The Balaban J connectivity index is 1.81. The second-order valence-electron chi connectivity index (χ2n) is 6.14. The lowest BCUT2D eigenvalue weighted by molar-refractivity contribution is 0.210. The number of anilines is 1. The normalized spacial score (nSPS) is 15.3. The molecule has 2 aromatic rings. The van der Waals surface area contributed by atoms with Crippen LogP contribution in [0.4, 0.5) is 10.1 Å². The van der Waals surface area contributed by atoms with E-state index in [9.17, 15) is 12.8 Å². The van der Waals surface area contributed by atoms with Crippen molar-refractivity contribution in [3.63, 3.8) is 0 Å². The number of nitrogens with zero attached hydrogens (tertiary/aromatic N) is 1. The Morgan fingerprint density at radius 3 is 2.20 bits per heavy atom. The zero-order chi connectivity index (χ0) is 17.9. The monoisotopic (exact) mass is 363 g/mol. The van der Waals surface area contributed by atoms with Gasteiger partial charge in [-0.05, 0) is 81.1 Å².